The van der Waals surface area contributed by atoms with Crippen molar-refractivity contribution < 1.29 is 18.8 Å². The molecule has 1 aromatic heterocycles. The molecule has 24 heavy (non-hydrogen) atoms. The number of carbonyl (C=O) groups excluding carboxylic acids is 1. The number of para-hydroxylation sites is 1. The Kier molecular flexibility index (Phi) is 4.22. The second-order valence-corrected chi connectivity index (χ2v) is 7.30. The molecular formula is C18H24BNO4. The third-order valence-corrected chi connectivity index (χ3v) is 5.23. The maximum absolute atomic E-state index is 12.0. The maximum Gasteiger partial charge on any atom is 0.466 e. The van der Waals surface area contributed by atoms with Crippen molar-refractivity contribution in [3.8, 4) is 0 Å². The number of hydrogen-bond acceptors (Lipinski definition) is 4. The van der Waals surface area contributed by atoms with Crippen LogP contribution in [0.1, 0.15) is 45.5 Å². The Morgan fingerprint density at radius 1 is 1.21 bits per heavy atom. The average molecular weight is 329 g/mol. The van der Waals surface area contributed by atoms with Gasteiger partial charge < -0.3 is 19.0 Å². The van der Waals surface area contributed by atoms with Gasteiger partial charge in [-0.25, -0.2) is 0 Å². The molecule has 0 radical (unpaired) electrons. The Labute approximate surface area is 142 Å². The summed E-state index contributed by atoms with van der Waals surface area (Å²) in [6.07, 6.45) is 2.10. The zero-order valence-electron chi connectivity index (χ0n) is 14.9. The van der Waals surface area contributed by atoms with Gasteiger partial charge in [0.2, 0.25) is 0 Å². The number of nitrogens with one attached hydrogen (secondary N) is 1. The molecule has 2 aromatic rings. The molecule has 1 fully saturated rings. The van der Waals surface area contributed by atoms with Crippen molar-refractivity contribution in [2.24, 2.45) is 0 Å². The highest BCUT2D eigenvalue weighted by molar-refractivity contribution is 6.48. The molecule has 1 N–H and O–H groups in total. The van der Waals surface area contributed by atoms with Gasteiger partial charge in [-0.3, -0.25) is 4.79 Å². The lowest BCUT2D eigenvalue weighted by atomic mass is 9.66. The van der Waals surface area contributed by atoms with Gasteiger partial charge in [-0.15, -0.1) is 0 Å². The number of esters is 1. The van der Waals surface area contributed by atoms with Crippen molar-refractivity contribution in [3.05, 3.63) is 36.0 Å². The Morgan fingerprint density at radius 3 is 2.50 bits per heavy atom. The van der Waals surface area contributed by atoms with Crippen molar-refractivity contribution in [2.75, 3.05) is 7.11 Å². The lowest BCUT2D eigenvalue weighted by Gasteiger charge is -2.32. The molecule has 2 heterocycles. The van der Waals surface area contributed by atoms with Crippen molar-refractivity contribution >= 4 is 24.0 Å². The van der Waals surface area contributed by atoms with Crippen LogP contribution >= 0.6 is 0 Å². The first-order valence-corrected chi connectivity index (χ1v) is 8.23. The van der Waals surface area contributed by atoms with Gasteiger partial charge in [0, 0.05) is 17.5 Å². The summed E-state index contributed by atoms with van der Waals surface area (Å²) in [6, 6.07) is 8.05. The zero-order chi connectivity index (χ0) is 17.5. The van der Waals surface area contributed by atoms with Gasteiger partial charge in [0.25, 0.3) is 0 Å². The van der Waals surface area contributed by atoms with E-state index in [0.717, 1.165) is 16.5 Å². The molecule has 1 atom stereocenters. The van der Waals surface area contributed by atoms with Crippen LogP contribution in [0.25, 0.3) is 10.9 Å². The predicted octanol–water partition coefficient (Wildman–Crippen LogP) is 3.45. The molecule has 128 valence electrons. The molecule has 5 nitrogen and oxygen atoms in total. The lowest BCUT2D eigenvalue weighted by molar-refractivity contribution is -0.140. The topological polar surface area (TPSA) is 60.6 Å². The normalized spacial score (nSPS) is 20.3. The van der Waals surface area contributed by atoms with E-state index in [1.54, 1.807) is 0 Å². The highest BCUT2D eigenvalue weighted by Gasteiger charge is 2.54. The third kappa shape index (κ3) is 2.85. The highest BCUT2D eigenvalue weighted by atomic mass is 16.7. The van der Waals surface area contributed by atoms with Crippen LogP contribution in [0.2, 0.25) is 0 Å². The lowest BCUT2D eigenvalue weighted by Crippen LogP contribution is -2.41. The van der Waals surface area contributed by atoms with E-state index >= 15 is 0 Å². The summed E-state index contributed by atoms with van der Waals surface area (Å²) in [6.45, 7) is 8.05. The zero-order valence-corrected chi connectivity index (χ0v) is 14.9. The number of methoxy groups -OCH3 is 1. The number of fused-ring (bicyclic) bond motifs is 1. The molecular weight excluding hydrogens is 305 g/mol. The summed E-state index contributed by atoms with van der Waals surface area (Å²) < 4.78 is 17.3. The van der Waals surface area contributed by atoms with Crippen LogP contribution in [0.4, 0.5) is 0 Å². The molecule has 0 bridgehead atoms. The minimum atomic E-state index is -0.511. The first-order valence-electron chi connectivity index (χ1n) is 8.23. The second-order valence-electron chi connectivity index (χ2n) is 7.30. The van der Waals surface area contributed by atoms with Crippen LogP contribution < -0.4 is 0 Å². The van der Waals surface area contributed by atoms with Crippen LogP contribution in [0.3, 0.4) is 0 Å². The predicted molar refractivity (Wildman–Crippen MR) is 93.8 cm³/mol. The molecule has 0 saturated carbocycles. The fourth-order valence-electron chi connectivity index (χ4n) is 3.09. The monoisotopic (exact) mass is 329 g/mol. The van der Waals surface area contributed by atoms with Gasteiger partial charge in [-0.1, -0.05) is 18.2 Å². The van der Waals surface area contributed by atoms with E-state index in [0.29, 0.717) is 0 Å². The van der Waals surface area contributed by atoms with E-state index in [4.69, 9.17) is 14.0 Å². The summed E-state index contributed by atoms with van der Waals surface area (Å²) in [5.74, 6) is -0.529. The van der Waals surface area contributed by atoms with Crippen LogP contribution in [-0.4, -0.2) is 36.4 Å². The van der Waals surface area contributed by atoms with Gasteiger partial charge in [-0.05, 0) is 44.7 Å². The first kappa shape index (κ1) is 17.1. The standard InChI is InChI=1S/C18H24BNO4/c1-17(2)18(3,4)24-19(23-17)14(11-15(21)22-5)13-8-6-7-12-9-10-20-16(12)13/h6-10,14,20H,11H2,1-5H3. The number of benzene rings is 1. The van der Waals surface area contributed by atoms with Gasteiger partial charge in [0.1, 0.15) is 0 Å². The fourth-order valence-corrected chi connectivity index (χ4v) is 3.09. The smallest absolute Gasteiger partial charge is 0.466 e. The molecule has 1 aliphatic heterocycles. The van der Waals surface area contributed by atoms with Crippen LogP contribution in [0.15, 0.2) is 30.5 Å². The van der Waals surface area contributed by atoms with Crippen LogP contribution in [0, 0.1) is 0 Å². The summed E-state index contributed by atoms with van der Waals surface area (Å²) in [7, 11) is 0.891. The molecule has 3 rings (SSSR count). The van der Waals surface area contributed by atoms with Gasteiger partial charge in [-0.2, -0.15) is 0 Å². The highest BCUT2D eigenvalue weighted by Crippen LogP contribution is 2.42. The third-order valence-electron chi connectivity index (χ3n) is 5.23. The Bertz CT molecular complexity index is 736. The number of hydrogen-bond donors (Lipinski definition) is 1. The first-order chi connectivity index (χ1) is 11.2. The molecule has 1 aromatic carbocycles. The van der Waals surface area contributed by atoms with E-state index in [2.05, 4.69) is 4.98 Å². The molecule has 1 aliphatic rings. The maximum atomic E-state index is 12.0. The van der Waals surface area contributed by atoms with E-state index in [1.165, 1.54) is 7.11 Å². The molecule has 6 heteroatoms. The minimum absolute atomic E-state index is 0.200. The van der Waals surface area contributed by atoms with Gasteiger partial charge in [0.05, 0.1) is 24.7 Å². The number of aromatic nitrogens is 1. The molecule has 0 amide bonds. The summed E-state index contributed by atoms with van der Waals surface area (Å²) >= 11 is 0. The number of rotatable bonds is 4. The van der Waals surface area contributed by atoms with E-state index < -0.39 is 18.3 Å². The SMILES string of the molecule is COC(=O)CC(B1OC(C)(C)C(C)(C)O1)c1cccc2cc[nH]c12. The summed E-state index contributed by atoms with van der Waals surface area (Å²) in [4.78, 5) is 15.3. The molecule has 0 spiro atoms. The van der Waals surface area contributed by atoms with E-state index in [9.17, 15) is 4.79 Å². The Morgan fingerprint density at radius 2 is 1.88 bits per heavy atom. The summed E-state index contributed by atoms with van der Waals surface area (Å²) in [5.41, 5.74) is 1.10. The second kappa shape index (κ2) is 5.94. The fraction of sp³-hybridized carbons (Fsp3) is 0.500. The van der Waals surface area contributed by atoms with Crippen molar-refractivity contribution in [3.63, 3.8) is 0 Å². The van der Waals surface area contributed by atoms with Gasteiger partial charge in [0.15, 0.2) is 0 Å². The number of ether oxygens (including phenoxy) is 1. The van der Waals surface area contributed by atoms with Gasteiger partial charge >= 0.3 is 13.1 Å². The van der Waals surface area contributed by atoms with E-state index in [1.807, 2.05) is 58.2 Å². The Balaban J connectivity index is 2.02. The quantitative estimate of drug-likeness (QED) is 0.689. The molecule has 1 unspecified atom stereocenters. The number of aromatic amines is 1. The van der Waals surface area contributed by atoms with Crippen molar-refractivity contribution in [2.45, 2.75) is 51.1 Å². The Hall–Kier alpha value is -1.79. The largest absolute Gasteiger partial charge is 0.469 e. The van der Waals surface area contributed by atoms with Crippen LogP contribution in [-0.2, 0) is 18.8 Å². The summed E-state index contributed by atoms with van der Waals surface area (Å²) in [5, 5.41) is 1.10. The molecule has 1 saturated heterocycles. The minimum Gasteiger partial charge on any atom is -0.469 e. The average Bonchev–Trinajstić information content (AvgIpc) is 3.06. The molecule has 0 aliphatic carbocycles. The number of carbonyl (C=O) groups is 1. The van der Waals surface area contributed by atoms with Crippen LogP contribution in [0.5, 0.6) is 0 Å². The number of H-pyrrole nitrogens is 1. The van der Waals surface area contributed by atoms with E-state index in [-0.39, 0.29) is 18.2 Å². The van der Waals surface area contributed by atoms with Crippen molar-refractivity contribution in [1.82, 2.24) is 4.98 Å². The van der Waals surface area contributed by atoms with Crippen molar-refractivity contribution in [1.29, 1.82) is 0 Å².